The summed E-state index contributed by atoms with van der Waals surface area (Å²) in [6.07, 6.45) is 9.29. The largest absolute Gasteiger partial charge is 0.299 e. The Morgan fingerprint density at radius 2 is 0.741 bits per heavy atom. The first-order valence-corrected chi connectivity index (χ1v) is 11.2. The van der Waals surface area contributed by atoms with Gasteiger partial charge in [0.2, 0.25) is 0 Å². The second-order valence-corrected chi connectivity index (χ2v) is 9.63. The summed E-state index contributed by atoms with van der Waals surface area (Å²) < 4.78 is 0. The Kier molecular flexibility index (Phi) is 10.5. The Labute approximate surface area is 167 Å². The zero-order valence-electron chi connectivity index (χ0n) is 18.6. The lowest BCUT2D eigenvalue weighted by atomic mass is 9.94. The van der Waals surface area contributed by atoms with E-state index in [1.807, 2.05) is 0 Å². The van der Waals surface area contributed by atoms with E-state index in [0.717, 1.165) is 57.8 Å². The highest BCUT2D eigenvalue weighted by atomic mass is 16.1. The van der Waals surface area contributed by atoms with Crippen LogP contribution >= 0.6 is 0 Å². The molecule has 0 N–H and O–H groups in total. The van der Waals surface area contributed by atoms with Crippen LogP contribution in [0, 0.1) is 35.5 Å². The molecule has 3 atom stereocenters. The topological polar surface area (TPSA) is 51.2 Å². The summed E-state index contributed by atoms with van der Waals surface area (Å²) in [7, 11) is 0. The zero-order valence-corrected chi connectivity index (χ0v) is 18.6. The van der Waals surface area contributed by atoms with Crippen LogP contribution in [-0.2, 0) is 14.4 Å². The van der Waals surface area contributed by atoms with Gasteiger partial charge in [-0.3, -0.25) is 14.4 Å². The summed E-state index contributed by atoms with van der Waals surface area (Å²) in [5.74, 6) is 4.36. The van der Waals surface area contributed by atoms with E-state index in [4.69, 9.17) is 0 Å². The van der Waals surface area contributed by atoms with Gasteiger partial charge in [-0.2, -0.15) is 0 Å². The van der Waals surface area contributed by atoms with E-state index >= 15 is 0 Å². The number of Topliss-reactive ketones (excluding diaryl/α,β-unsaturated/α-hetero) is 3. The molecule has 0 spiro atoms. The minimum absolute atomic E-state index is 0.394. The molecule has 3 aliphatic carbocycles. The first-order valence-electron chi connectivity index (χ1n) is 11.2. The lowest BCUT2D eigenvalue weighted by Gasteiger charge is -2.10. The second kappa shape index (κ2) is 11.8. The average Bonchev–Trinajstić information content (AvgIpc) is 3.29. The molecule has 0 bridgehead atoms. The Balaban J connectivity index is 0.000000202. The SMILES string of the molecule is CC(C)C1CCCC1=O.CC(C)[C@@H]1CCCC1=O.CC(C)[C@H]1CCCC1=O. The van der Waals surface area contributed by atoms with Crippen LogP contribution in [0.15, 0.2) is 0 Å². The number of hydrogen-bond acceptors (Lipinski definition) is 3. The Bertz CT molecular complexity index is 419. The van der Waals surface area contributed by atoms with Gasteiger partial charge in [0.1, 0.15) is 17.3 Å². The Morgan fingerprint density at radius 1 is 0.519 bits per heavy atom. The van der Waals surface area contributed by atoms with E-state index in [9.17, 15) is 14.4 Å². The minimum Gasteiger partial charge on any atom is -0.299 e. The van der Waals surface area contributed by atoms with Crippen LogP contribution in [0.5, 0.6) is 0 Å². The van der Waals surface area contributed by atoms with Crippen molar-refractivity contribution in [2.24, 2.45) is 35.5 Å². The molecule has 0 amide bonds. The quantitative estimate of drug-likeness (QED) is 0.602. The molecule has 0 aliphatic heterocycles. The maximum atomic E-state index is 11.0. The molecule has 0 heterocycles. The van der Waals surface area contributed by atoms with E-state index in [0.29, 0.717) is 52.9 Å². The molecule has 3 rings (SSSR count). The van der Waals surface area contributed by atoms with Gasteiger partial charge in [-0.25, -0.2) is 0 Å². The van der Waals surface area contributed by atoms with Crippen LogP contribution in [0.2, 0.25) is 0 Å². The first kappa shape index (κ1) is 24.0. The third-order valence-electron chi connectivity index (χ3n) is 6.47. The molecule has 0 aromatic rings. The second-order valence-electron chi connectivity index (χ2n) is 9.63. The summed E-state index contributed by atoms with van der Waals surface area (Å²) >= 11 is 0. The van der Waals surface area contributed by atoms with Gasteiger partial charge in [0, 0.05) is 37.0 Å². The average molecular weight is 379 g/mol. The molecule has 156 valence electrons. The molecule has 0 radical (unpaired) electrons. The lowest BCUT2D eigenvalue weighted by Crippen LogP contribution is -2.12. The fraction of sp³-hybridized carbons (Fsp3) is 0.875. The van der Waals surface area contributed by atoms with Crippen molar-refractivity contribution in [3.8, 4) is 0 Å². The number of carbonyl (C=O) groups excluding carboxylic acids is 3. The van der Waals surface area contributed by atoms with Crippen molar-refractivity contribution in [2.75, 3.05) is 0 Å². The lowest BCUT2D eigenvalue weighted by molar-refractivity contribution is -0.122. The Hall–Kier alpha value is -0.990. The fourth-order valence-corrected chi connectivity index (χ4v) is 4.64. The van der Waals surface area contributed by atoms with E-state index < -0.39 is 0 Å². The highest BCUT2D eigenvalue weighted by Crippen LogP contribution is 2.28. The normalized spacial score (nSPS) is 27.9. The van der Waals surface area contributed by atoms with Gasteiger partial charge in [-0.05, 0) is 56.3 Å². The van der Waals surface area contributed by atoms with Crippen LogP contribution in [0.3, 0.4) is 0 Å². The van der Waals surface area contributed by atoms with Gasteiger partial charge < -0.3 is 0 Å². The van der Waals surface area contributed by atoms with E-state index in [1.54, 1.807) is 0 Å². The molecular weight excluding hydrogens is 336 g/mol. The highest BCUT2D eigenvalue weighted by Gasteiger charge is 2.27. The predicted octanol–water partition coefficient (Wildman–Crippen LogP) is 6.03. The number of rotatable bonds is 3. The monoisotopic (exact) mass is 378 g/mol. The standard InChI is InChI=1S/3C8H14O/c3*1-6(2)7-4-3-5-8(7)9/h3*6-7H,3-5H2,1-2H3/t2*7-;/m10./s1. The van der Waals surface area contributed by atoms with Crippen LogP contribution in [-0.4, -0.2) is 17.3 Å². The molecular formula is C24H42O3. The molecule has 3 aliphatic rings. The van der Waals surface area contributed by atoms with Crippen molar-refractivity contribution < 1.29 is 14.4 Å². The van der Waals surface area contributed by atoms with Crippen molar-refractivity contribution in [2.45, 2.75) is 99.3 Å². The summed E-state index contributed by atoms with van der Waals surface area (Å²) in [6, 6.07) is 0. The van der Waals surface area contributed by atoms with Crippen molar-refractivity contribution in [1.29, 1.82) is 0 Å². The molecule has 1 unspecified atom stereocenters. The third-order valence-corrected chi connectivity index (χ3v) is 6.47. The summed E-state index contributed by atoms with van der Waals surface area (Å²) in [5.41, 5.74) is 0. The molecule has 3 saturated carbocycles. The smallest absolute Gasteiger partial charge is 0.136 e. The van der Waals surface area contributed by atoms with Gasteiger partial charge in [-0.15, -0.1) is 0 Å². The van der Waals surface area contributed by atoms with Crippen LogP contribution in [0.1, 0.15) is 99.3 Å². The van der Waals surface area contributed by atoms with Crippen LogP contribution in [0.25, 0.3) is 0 Å². The van der Waals surface area contributed by atoms with E-state index in [-0.39, 0.29) is 0 Å². The maximum Gasteiger partial charge on any atom is 0.136 e. The van der Waals surface area contributed by atoms with Gasteiger partial charge in [0.05, 0.1) is 0 Å². The molecule has 3 nitrogen and oxygen atoms in total. The molecule has 3 fully saturated rings. The zero-order chi connectivity index (χ0) is 20.6. The number of hydrogen-bond donors (Lipinski definition) is 0. The molecule has 3 heteroatoms. The van der Waals surface area contributed by atoms with Gasteiger partial charge >= 0.3 is 0 Å². The predicted molar refractivity (Wildman–Crippen MR) is 112 cm³/mol. The Morgan fingerprint density at radius 3 is 0.815 bits per heavy atom. The summed E-state index contributed by atoms with van der Waals surface area (Å²) in [5, 5.41) is 0. The van der Waals surface area contributed by atoms with Gasteiger partial charge in [0.25, 0.3) is 0 Å². The minimum atomic E-state index is 0.394. The summed E-state index contributed by atoms with van der Waals surface area (Å²) in [6.45, 7) is 12.8. The van der Waals surface area contributed by atoms with Crippen molar-refractivity contribution in [3.63, 3.8) is 0 Å². The van der Waals surface area contributed by atoms with Crippen LogP contribution in [0.4, 0.5) is 0 Å². The number of carbonyl (C=O) groups is 3. The third kappa shape index (κ3) is 7.87. The number of ketones is 3. The molecule has 0 aromatic heterocycles. The maximum absolute atomic E-state index is 11.0. The van der Waals surface area contributed by atoms with Crippen molar-refractivity contribution in [3.05, 3.63) is 0 Å². The van der Waals surface area contributed by atoms with Gasteiger partial charge in [-0.1, -0.05) is 41.5 Å². The van der Waals surface area contributed by atoms with E-state index in [1.165, 1.54) is 0 Å². The molecule has 0 aromatic carbocycles. The van der Waals surface area contributed by atoms with Crippen LogP contribution < -0.4 is 0 Å². The first-order chi connectivity index (χ1) is 12.6. The molecule has 27 heavy (non-hydrogen) atoms. The summed E-state index contributed by atoms with van der Waals surface area (Å²) in [4.78, 5) is 33.0. The van der Waals surface area contributed by atoms with E-state index in [2.05, 4.69) is 41.5 Å². The molecule has 0 saturated heterocycles. The fourth-order valence-electron chi connectivity index (χ4n) is 4.64. The van der Waals surface area contributed by atoms with Crippen molar-refractivity contribution >= 4 is 17.3 Å². The van der Waals surface area contributed by atoms with Gasteiger partial charge in [0.15, 0.2) is 0 Å². The van der Waals surface area contributed by atoms with Crippen molar-refractivity contribution in [1.82, 2.24) is 0 Å². The highest BCUT2D eigenvalue weighted by molar-refractivity contribution is 5.83.